The molecule has 0 atom stereocenters. The van der Waals surface area contributed by atoms with E-state index in [1.54, 1.807) is 0 Å². The minimum atomic E-state index is 0. The second kappa shape index (κ2) is 10500. The van der Waals surface area contributed by atoms with Crippen LogP contribution in [-0.2, 0) is 0 Å². The molecule has 0 rings (SSSR count). The highest BCUT2D eigenvalue weighted by Gasteiger charge is 0.839. The number of aliphatic hydroxyl groups is 1. The first-order valence-corrected chi connectivity index (χ1v) is 0.447. The Morgan fingerprint density at radius 1 is 0.182 bits per heavy atom. The zero-order valence-corrected chi connectivity index (χ0v) is 15.6. The maximum atomic E-state index is 7.00. The molecule has 0 aliphatic rings. The zero-order chi connectivity index (χ0) is 2.00. The summed E-state index contributed by atoms with van der Waals surface area (Å²) in [6.07, 6.45) is 0. The molecule has 21 heteroatoms. The predicted molar refractivity (Wildman–Crippen MR) is 109 cm³/mol. The van der Waals surface area contributed by atoms with E-state index < -0.39 is 0 Å². The summed E-state index contributed by atoms with van der Waals surface area (Å²) >= 11 is 0. The van der Waals surface area contributed by atoms with Gasteiger partial charge < -0.3 is 128 Å². The van der Waals surface area contributed by atoms with Crippen molar-refractivity contribution in [3.8, 4) is 0 Å². The topological polar surface area (TPSA) is 720 Å². The summed E-state index contributed by atoms with van der Waals surface area (Å²) in [5.74, 6) is 0. The van der Waals surface area contributed by atoms with Crippen molar-refractivity contribution >= 4 is 0 Å². The first-order chi connectivity index (χ1) is 1.00. The van der Waals surface area contributed by atoms with Crippen molar-refractivity contribution in [3.63, 3.8) is 0 Å². The molecule has 0 fully saturated rings. The summed E-state index contributed by atoms with van der Waals surface area (Å²) in [6, 6.07) is 0. The molecule has 0 bridgehead atoms. The van der Waals surface area contributed by atoms with E-state index in [-0.39, 0.29) is 123 Å². The van der Waals surface area contributed by atoms with Gasteiger partial charge in [0.15, 0.2) is 0 Å². The van der Waals surface area contributed by atoms with Gasteiger partial charge in [-0.25, -0.2) is 0 Å². The average Bonchev–Trinajstić information content (AvgIpc) is 1.00. The first-order valence-electron chi connectivity index (χ1n) is 0.447. The van der Waals surface area contributed by atoms with Gasteiger partial charge in [0.1, 0.15) is 0 Å². The molecule has 0 aliphatic carbocycles. The Morgan fingerprint density at radius 2 is 0.182 bits per heavy atom. The first kappa shape index (κ1) is 336000. The Morgan fingerprint density at radius 3 is 0.182 bits per heavy atom. The molecular formula is CH64N20O. The minimum absolute atomic E-state index is 0. The lowest BCUT2D eigenvalue weighted by atomic mass is 11.8. The van der Waals surface area contributed by atoms with Crippen molar-refractivity contribution in [1.82, 2.24) is 123 Å². The van der Waals surface area contributed by atoms with Crippen molar-refractivity contribution in [3.05, 3.63) is 0 Å². The van der Waals surface area contributed by atoms with Crippen LogP contribution >= 0.6 is 0 Å². The second-order valence-electron chi connectivity index (χ2n) is 0. The molecule has 0 heterocycles. The van der Waals surface area contributed by atoms with Gasteiger partial charge in [-0.3, -0.25) is 0 Å². The van der Waals surface area contributed by atoms with Crippen molar-refractivity contribution < 1.29 is 5.11 Å². The van der Waals surface area contributed by atoms with Crippen LogP contribution < -0.4 is 123 Å². The molecule has 0 saturated carbocycles. The number of aliphatic hydroxyl groups excluding tert-OH is 1. The van der Waals surface area contributed by atoms with Gasteiger partial charge in [-0.1, -0.05) is 0 Å². The summed E-state index contributed by atoms with van der Waals surface area (Å²) in [6.45, 7) is 0. The number of hydrogen-bond donors (Lipinski definition) is 21. The molecule has 0 radical (unpaired) electrons. The fourth-order valence-electron chi connectivity index (χ4n) is 0. The quantitative estimate of drug-likeness (QED) is 0.290. The van der Waals surface area contributed by atoms with Gasteiger partial charge in [0, 0.05) is 7.11 Å². The second-order valence-corrected chi connectivity index (χ2v) is 0. The Hall–Kier alpha value is -0.840. The molecule has 0 aliphatic heterocycles. The van der Waals surface area contributed by atoms with Gasteiger partial charge in [-0.2, -0.15) is 0 Å². The van der Waals surface area contributed by atoms with E-state index in [9.17, 15) is 0 Å². The van der Waals surface area contributed by atoms with Crippen molar-refractivity contribution in [2.24, 2.45) is 0 Å². The van der Waals surface area contributed by atoms with Crippen molar-refractivity contribution in [2.45, 2.75) is 0 Å². The van der Waals surface area contributed by atoms with Gasteiger partial charge in [0.05, 0.1) is 0 Å². The highest BCUT2D eigenvalue weighted by atomic mass is 16.2. The SMILES string of the molecule is CO.N.N.N.N.N.N.N.N.N.N.N.N.N.N.N.N.N.N.N.N. The van der Waals surface area contributed by atoms with E-state index in [1.165, 1.54) is 0 Å². The fourth-order valence-corrected chi connectivity index (χ4v) is 0. The molecule has 0 unspecified atom stereocenters. The van der Waals surface area contributed by atoms with E-state index in [4.69, 9.17) is 5.11 Å². The molecular weight excluding hydrogens is 308 g/mol. The monoisotopic (exact) mass is 373 g/mol. The van der Waals surface area contributed by atoms with Gasteiger partial charge >= 0.3 is 0 Å². The number of rotatable bonds is 0. The molecule has 0 aromatic carbocycles. The van der Waals surface area contributed by atoms with E-state index in [1.807, 2.05) is 0 Å². The Kier molecular flexibility index (Phi) is 160000000. The summed E-state index contributed by atoms with van der Waals surface area (Å²) in [4.78, 5) is 0. The van der Waals surface area contributed by atoms with E-state index in [2.05, 4.69) is 0 Å². The van der Waals surface area contributed by atoms with E-state index in [0.29, 0.717) is 0 Å². The summed E-state index contributed by atoms with van der Waals surface area (Å²) in [7, 11) is 1.00. The molecule has 0 saturated heterocycles. The van der Waals surface area contributed by atoms with Crippen molar-refractivity contribution in [1.29, 1.82) is 0 Å². The van der Waals surface area contributed by atoms with Crippen LogP contribution in [0.4, 0.5) is 0 Å². The highest BCUT2D eigenvalue weighted by Crippen LogP contribution is 0.755. The maximum Gasteiger partial charge on any atom is 0.0319 e. The van der Waals surface area contributed by atoms with Crippen LogP contribution in [0, 0.1) is 0 Å². The van der Waals surface area contributed by atoms with Gasteiger partial charge in [-0.05, 0) is 0 Å². The van der Waals surface area contributed by atoms with Gasteiger partial charge in [-0.15, -0.1) is 0 Å². The number of hydrogen-bond acceptors (Lipinski definition) is 21. The summed E-state index contributed by atoms with van der Waals surface area (Å²) in [5.41, 5.74) is 0. The third-order valence-corrected chi connectivity index (χ3v) is 0. The Balaban J connectivity index is -0.0000000000263. The lowest BCUT2D eigenvalue weighted by Gasteiger charge is -1.21. The molecule has 21 nitrogen and oxygen atoms in total. The van der Waals surface area contributed by atoms with Gasteiger partial charge in [0.2, 0.25) is 0 Å². The molecule has 22 heavy (non-hydrogen) atoms. The Bertz CT molecular complexity index is 11.7. The fraction of sp³-hybridized carbons (Fsp3) is 1.00. The third kappa shape index (κ3) is 8960. The lowest BCUT2D eigenvalue weighted by molar-refractivity contribution is 0.399. The van der Waals surface area contributed by atoms with Crippen LogP contribution in [0.3, 0.4) is 0 Å². The normalized spacial score (nSPS) is 0.273. The smallest absolute Gasteiger partial charge is 0.0319 e. The molecule has 0 aromatic rings. The van der Waals surface area contributed by atoms with Crippen LogP contribution in [0.5, 0.6) is 0 Å². The Labute approximate surface area is 136 Å². The molecule has 0 amide bonds. The van der Waals surface area contributed by atoms with Crippen molar-refractivity contribution in [2.75, 3.05) is 7.11 Å². The molecule has 0 aromatic heterocycles. The molecule has 61 N–H and O–H groups in total. The minimum Gasteiger partial charge on any atom is -0.400 e. The average molecular weight is 373 g/mol. The lowest BCUT2D eigenvalue weighted by Crippen LogP contribution is -1.25. The standard InChI is InChI=1S/CH4O.20H3N/c1-2;;;;;;;;;;;;;;;;;;;;/h2H,1H3;20*1H3. The van der Waals surface area contributed by atoms with Crippen LogP contribution in [0.2, 0.25) is 0 Å². The van der Waals surface area contributed by atoms with E-state index in [0.717, 1.165) is 7.11 Å². The van der Waals surface area contributed by atoms with E-state index >= 15 is 0 Å². The van der Waals surface area contributed by atoms with Crippen LogP contribution in [0.1, 0.15) is 0 Å². The van der Waals surface area contributed by atoms with Gasteiger partial charge in [0.25, 0.3) is 0 Å². The molecule has 174 valence electrons. The van der Waals surface area contributed by atoms with Crippen LogP contribution in [-0.4, -0.2) is 12.2 Å². The predicted octanol–water partition coefficient (Wildman–Crippen LogP) is 2.85. The molecule has 0 spiro atoms. The summed E-state index contributed by atoms with van der Waals surface area (Å²) in [5, 5.41) is 7.00. The third-order valence-electron chi connectivity index (χ3n) is 0. The van der Waals surface area contributed by atoms with Crippen LogP contribution in [0.25, 0.3) is 0 Å². The highest BCUT2D eigenvalue weighted by molar-refractivity contribution is 3.18. The largest absolute Gasteiger partial charge is 0.400 e. The summed E-state index contributed by atoms with van der Waals surface area (Å²) < 4.78 is 0. The van der Waals surface area contributed by atoms with Crippen LogP contribution in [0.15, 0.2) is 0 Å². The maximum absolute atomic E-state index is 7.00. The zero-order valence-electron chi connectivity index (χ0n) is 15.6.